The summed E-state index contributed by atoms with van der Waals surface area (Å²) in [6.45, 7) is 6.75. The number of halogens is 2. The molecule has 0 saturated heterocycles. The Kier molecular flexibility index (Phi) is 4.47. The maximum atomic E-state index is 5.95. The van der Waals surface area contributed by atoms with E-state index in [0.29, 0.717) is 28.1 Å². The average molecular weight is 331 g/mol. The number of benzene rings is 1. The van der Waals surface area contributed by atoms with Crippen molar-refractivity contribution >= 4 is 40.2 Å². The zero-order chi connectivity index (χ0) is 14.9. The lowest BCUT2D eigenvalue weighted by Crippen LogP contribution is -2.11. The van der Waals surface area contributed by atoms with Gasteiger partial charge in [0, 0.05) is 16.9 Å². The molecule has 2 aromatic rings. The molecule has 0 atom stereocenters. The van der Waals surface area contributed by atoms with Gasteiger partial charge in [-0.3, -0.25) is 0 Å². The van der Waals surface area contributed by atoms with Gasteiger partial charge in [0.1, 0.15) is 17.4 Å². The van der Waals surface area contributed by atoms with Crippen LogP contribution >= 0.6 is 34.5 Å². The van der Waals surface area contributed by atoms with E-state index in [4.69, 9.17) is 33.7 Å². The van der Waals surface area contributed by atoms with Gasteiger partial charge >= 0.3 is 0 Å². The van der Waals surface area contributed by atoms with Gasteiger partial charge in [-0.15, -0.1) is 11.3 Å². The van der Waals surface area contributed by atoms with E-state index in [1.54, 1.807) is 23.5 Å². The summed E-state index contributed by atoms with van der Waals surface area (Å²) < 4.78 is 5.66. The maximum absolute atomic E-state index is 5.95. The van der Waals surface area contributed by atoms with Crippen LogP contribution in [0, 0.1) is 0 Å². The molecule has 108 valence electrons. The van der Waals surface area contributed by atoms with Gasteiger partial charge in [0.25, 0.3) is 0 Å². The number of ether oxygens (including phenoxy) is 1. The Morgan fingerprint density at radius 1 is 1.25 bits per heavy atom. The molecular formula is C14H16Cl2N2OS. The Hall–Kier alpha value is -0.970. The number of rotatable bonds is 3. The minimum Gasteiger partial charge on any atom is -0.484 e. The van der Waals surface area contributed by atoms with E-state index in [1.807, 2.05) is 0 Å². The number of hydrogen-bond acceptors (Lipinski definition) is 4. The van der Waals surface area contributed by atoms with E-state index in [9.17, 15) is 0 Å². The number of nitrogens with zero attached hydrogens (tertiary/aromatic N) is 1. The van der Waals surface area contributed by atoms with Crippen LogP contribution in [0.25, 0.3) is 0 Å². The summed E-state index contributed by atoms with van der Waals surface area (Å²) in [7, 11) is 0. The van der Waals surface area contributed by atoms with Gasteiger partial charge in [0.2, 0.25) is 0 Å². The largest absolute Gasteiger partial charge is 0.484 e. The standard InChI is InChI=1S/C14H16Cl2N2OS/c1-14(2,3)12-7-20-13(18-12)6-19-11-5-9(16)8(15)4-10(11)17/h4-5,7H,6,17H2,1-3H3. The Morgan fingerprint density at radius 3 is 2.50 bits per heavy atom. The summed E-state index contributed by atoms with van der Waals surface area (Å²) in [5.74, 6) is 0.520. The minimum atomic E-state index is 0.0390. The van der Waals surface area contributed by atoms with Gasteiger partial charge in [-0.2, -0.15) is 0 Å². The smallest absolute Gasteiger partial charge is 0.144 e. The second-order valence-electron chi connectivity index (χ2n) is 5.47. The van der Waals surface area contributed by atoms with Gasteiger partial charge in [-0.25, -0.2) is 4.98 Å². The van der Waals surface area contributed by atoms with Crippen LogP contribution in [0.1, 0.15) is 31.5 Å². The van der Waals surface area contributed by atoms with Crippen molar-refractivity contribution in [3.63, 3.8) is 0 Å². The average Bonchev–Trinajstić information content (AvgIpc) is 2.80. The summed E-state index contributed by atoms with van der Waals surface area (Å²) >= 11 is 13.4. The first kappa shape index (κ1) is 15.4. The van der Waals surface area contributed by atoms with Gasteiger partial charge in [0.15, 0.2) is 0 Å². The Bertz CT molecular complexity index is 620. The molecule has 1 heterocycles. The lowest BCUT2D eigenvalue weighted by Gasteiger charge is -2.14. The van der Waals surface area contributed by atoms with Crippen LogP contribution in [0.2, 0.25) is 10.0 Å². The van der Waals surface area contributed by atoms with Crippen molar-refractivity contribution in [2.24, 2.45) is 0 Å². The molecule has 0 aliphatic rings. The SMILES string of the molecule is CC(C)(C)c1csc(COc2cc(Cl)c(Cl)cc2N)n1. The fraction of sp³-hybridized carbons (Fsp3) is 0.357. The summed E-state index contributed by atoms with van der Waals surface area (Å²) in [5, 5.41) is 3.79. The van der Waals surface area contributed by atoms with Crippen molar-refractivity contribution in [3.05, 3.63) is 38.3 Å². The zero-order valence-electron chi connectivity index (χ0n) is 11.5. The van der Waals surface area contributed by atoms with Crippen LogP contribution in [0.15, 0.2) is 17.5 Å². The molecule has 6 heteroatoms. The molecule has 3 nitrogen and oxygen atoms in total. The zero-order valence-corrected chi connectivity index (χ0v) is 13.9. The predicted molar refractivity (Wildman–Crippen MR) is 86.0 cm³/mol. The second kappa shape index (κ2) is 5.80. The van der Waals surface area contributed by atoms with Crippen LogP contribution in [0.5, 0.6) is 5.75 Å². The van der Waals surface area contributed by atoms with Crippen LogP contribution in [-0.4, -0.2) is 4.98 Å². The molecule has 0 spiro atoms. The maximum Gasteiger partial charge on any atom is 0.144 e. The lowest BCUT2D eigenvalue weighted by molar-refractivity contribution is 0.306. The van der Waals surface area contributed by atoms with Gasteiger partial charge in [-0.1, -0.05) is 44.0 Å². The molecule has 0 radical (unpaired) electrons. The van der Waals surface area contributed by atoms with E-state index >= 15 is 0 Å². The fourth-order valence-electron chi connectivity index (χ4n) is 1.53. The third kappa shape index (κ3) is 3.57. The van der Waals surface area contributed by atoms with E-state index < -0.39 is 0 Å². The molecule has 0 aliphatic heterocycles. The van der Waals surface area contributed by atoms with Gasteiger partial charge < -0.3 is 10.5 Å². The Balaban J connectivity index is 2.09. The van der Waals surface area contributed by atoms with E-state index in [2.05, 4.69) is 31.1 Å². The number of thiazole rings is 1. The molecular weight excluding hydrogens is 315 g/mol. The first-order chi connectivity index (χ1) is 9.27. The van der Waals surface area contributed by atoms with Crippen LogP contribution in [-0.2, 0) is 12.0 Å². The molecule has 2 N–H and O–H groups in total. The highest BCUT2D eigenvalue weighted by Crippen LogP contribution is 2.33. The number of aromatic nitrogens is 1. The highest BCUT2D eigenvalue weighted by atomic mass is 35.5. The second-order valence-corrected chi connectivity index (χ2v) is 7.23. The van der Waals surface area contributed by atoms with Gasteiger partial charge in [-0.05, 0) is 6.07 Å². The number of nitrogen functional groups attached to an aromatic ring is 1. The van der Waals surface area contributed by atoms with Crippen molar-refractivity contribution in [2.75, 3.05) is 5.73 Å². The molecule has 20 heavy (non-hydrogen) atoms. The molecule has 0 bridgehead atoms. The van der Waals surface area contributed by atoms with Crippen molar-refractivity contribution in [2.45, 2.75) is 32.8 Å². The highest BCUT2D eigenvalue weighted by molar-refractivity contribution is 7.09. The molecule has 1 aromatic carbocycles. The highest BCUT2D eigenvalue weighted by Gasteiger charge is 2.17. The third-order valence-electron chi connectivity index (χ3n) is 2.72. The van der Waals surface area contributed by atoms with Crippen LogP contribution in [0.3, 0.4) is 0 Å². The Labute approximate surface area is 132 Å². The lowest BCUT2D eigenvalue weighted by atomic mass is 9.93. The summed E-state index contributed by atoms with van der Waals surface area (Å²) in [4.78, 5) is 4.56. The van der Waals surface area contributed by atoms with Crippen molar-refractivity contribution in [3.8, 4) is 5.75 Å². The molecule has 0 unspecified atom stereocenters. The van der Waals surface area contributed by atoms with Gasteiger partial charge in [0.05, 0.1) is 21.4 Å². The normalized spacial score (nSPS) is 11.7. The summed E-state index contributed by atoms with van der Waals surface area (Å²) in [5.41, 5.74) is 7.41. The topological polar surface area (TPSA) is 48.1 Å². The van der Waals surface area contributed by atoms with E-state index in [-0.39, 0.29) is 5.41 Å². The first-order valence-electron chi connectivity index (χ1n) is 6.09. The minimum absolute atomic E-state index is 0.0390. The van der Waals surface area contributed by atoms with Crippen LogP contribution < -0.4 is 10.5 Å². The van der Waals surface area contributed by atoms with Crippen molar-refractivity contribution in [1.29, 1.82) is 0 Å². The predicted octanol–water partition coefficient (Wildman–Crippen LogP) is 4.91. The summed E-state index contributed by atoms with van der Waals surface area (Å²) in [6.07, 6.45) is 0. The molecule has 2 rings (SSSR count). The van der Waals surface area contributed by atoms with Crippen LogP contribution in [0.4, 0.5) is 5.69 Å². The molecule has 0 aliphatic carbocycles. The van der Waals surface area contributed by atoms with E-state index in [0.717, 1.165) is 10.7 Å². The molecule has 0 amide bonds. The molecule has 0 saturated carbocycles. The molecule has 1 aromatic heterocycles. The quantitative estimate of drug-likeness (QED) is 0.813. The fourth-order valence-corrected chi connectivity index (χ4v) is 2.79. The molecule has 0 fully saturated rings. The first-order valence-corrected chi connectivity index (χ1v) is 7.73. The summed E-state index contributed by atoms with van der Waals surface area (Å²) in [6, 6.07) is 3.21. The Morgan fingerprint density at radius 2 is 1.90 bits per heavy atom. The van der Waals surface area contributed by atoms with Crippen molar-refractivity contribution < 1.29 is 4.74 Å². The third-order valence-corrected chi connectivity index (χ3v) is 4.27. The monoisotopic (exact) mass is 330 g/mol. The number of anilines is 1. The van der Waals surface area contributed by atoms with Crippen molar-refractivity contribution in [1.82, 2.24) is 4.98 Å². The number of hydrogen-bond donors (Lipinski definition) is 1. The number of nitrogens with two attached hydrogens (primary N) is 1. The van der Waals surface area contributed by atoms with E-state index in [1.165, 1.54) is 0 Å².